The van der Waals surface area contributed by atoms with Crippen molar-refractivity contribution in [2.24, 2.45) is 0 Å². The fourth-order valence-electron chi connectivity index (χ4n) is 0. The molecule has 0 bridgehead atoms. The first-order valence-corrected chi connectivity index (χ1v) is 0. The molecule has 0 aromatic rings. The van der Waals surface area contributed by atoms with E-state index in [2.05, 4.69) is 0 Å². The zero-order chi connectivity index (χ0) is 0. The van der Waals surface area contributed by atoms with E-state index < -0.39 is 0 Å². The van der Waals surface area contributed by atoms with Gasteiger partial charge in [0.1, 0.15) is 0 Å². The maximum atomic E-state index is 0. The first kappa shape index (κ1) is 32.7. The Morgan fingerprint density at radius 1 is 1.00 bits per heavy atom. The van der Waals surface area contributed by atoms with Gasteiger partial charge in [-0.05, 0) is 0 Å². The van der Waals surface area contributed by atoms with Gasteiger partial charge in [0.2, 0.25) is 0 Å². The van der Waals surface area contributed by atoms with Gasteiger partial charge in [0.25, 0.3) is 0 Å². The summed E-state index contributed by atoms with van der Waals surface area (Å²) in [5, 5.41) is 0. The average Bonchev–Trinajstić information content (AvgIpc) is 0. The first-order chi connectivity index (χ1) is 0. The van der Waals surface area contributed by atoms with E-state index in [0.717, 1.165) is 0 Å². The van der Waals surface area contributed by atoms with E-state index in [1.54, 1.807) is 0 Å². The summed E-state index contributed by atoms with van der Waals surface area (Å²) < 4.78 is 0. The molecular formula is H7AlCuMnSn. The summed E-state index contributed by atoms with van der Waals surface area (Å²) in [4.78, 5) is 0. The van der Waals surface area contributed by atoms with E-state index in [1.165, 1.54) is 0 Å². The van der Waals surface area contributed by atoms with E-state index in [4.69, 9.17) is 0 Å². The summed E-state index contributed by atoms with van der Waals surface area (Å²) in [6.45, 7) is 0. The summed E-state index contributed by atoms with van der Waals surface area (Å²) in [6.07, 6.45) is 0. The molecule has 0 heterocycles. The second-order valence-electron chi connectivity index (χ2n) is 0. The van der Waals surface area contributed by atoms with Crippen LogP contribution in [0.15, 0.2) is 0 Å². The van der Waals surface area contributed by atoms with E-state index >= 15 is 0 Å². The molecule has 0 N–H and O–H groups in total. The van der Waals surface area contributed by atoms with Gasteiger partial charge < -0.3 is 0 Å². The Hall–Kier alpha value is 2.37. The molecule has 0 saturated heterocycles. The second-order valence-corrected chi connectivity index (χ2v) is 0. The minimum absolute atomic E-state index is 0. The molecular weight excluding hydrogens is 264 g/mol. The quantitative estimate of drug-likeness (QED) is 0.423. The molecule has 0 aliphatic heterocycles. The first-order valence-electron chi connectivity index (χ1n) is 0. The van der Waals surface area contributed by atoms with E-state index in [0.29, 0.717) is 0 Å². The van der Waals surface area contributed by atoms with Crippen molar-refractivity contribution in [3.05, 3.63) is 0 Å². The summed E-state index contributed by atoms with van der Waals surface area (Å²) in [5.74, 6) is 0. The van der Waals surface area contributed by atoms with Crippen LogP contribution in [-0.2, 0) is 34.1 Å². The molecule has 0 amide bonds. The Morgan fingerprint density at radius 2 is 1.00 bits per heavy atom. The van der Waals surface area contributed by atoms with Gasteiger partial charge in [0.05, 0.1) is 0 Å². The van der Waals surface area contributed by atoms with Crippen molar-refractivity contribution in [1.82, 2.24) is 0 Å². The van der Waals surface area contributed by atoms with Gasteiger partial charge in [-0.25, -0.2) is 0 Å². The molecule has 0 spiro atoms. The molecule has 0 aromatic carbocycles. The molecule has 4 heavy (non-hydrogen) atoms. The Morgan fingerprint density at radius 3 is 1.00 bits per heavy atom. The summed E-state index contributed by atoms with van der Waals surface area (Å²) in [6, 6.07) is 0. The van der Waals surface area contributed by atoms with Crippen molar-refractivity contribution in [3.8, 4) is 0 Å². The Kier molecular flexibility index (Phi) is 149. The van der Waals surface area contributed by atoms with Crippen molar-refractivity contribution in [3.63, 3.8) is 0 Å². The third kappa shape index (κ3) is 8.84. The average molecular weight is 271 g/mol. The van der Waals surface area contributed by atoms with Crippen LogP contribution in [0.3, 0.4) is 0 Å². The molecule has 0 saturated carbocycles. The molecule has 0 nitrogen and oxygen atoms in total. The summed E-state index contributed by atoms with van der Waals surface area (Å²) >= 11 is 0. The number of hydrogen-bond acceptors (Lipinski definition) is 0. The second kappa shape index (κ2) is 18.3. The molecule has 0 unspecified atom stereocenters. The monoisotopic (exact) mass is 272 g/mol. The SMILES string of the molecule is [AlH3].[Cu].[Mn].[SnH4]. The molecule has 0 aliphatic rings. The van der Waals surface area contributed by atoms with Crippen LogP contribution in [0.5, 0.6) is 0 Å². The Balaban J connectivity index is 0. The zero-order valence-corrected chi connectivity index (χ0v) is 2.80. The van der Waals surface area contributed by atoms with Crippen LogP contribution in [0.25, 0.3) is 0 Å². The molecule has 0 fully saturated rings. The third-order valence-corrected chi connectivity index (χ3v) is 0. The minimum atomic E-state index is 0. The van der Waals surface area contributed by atoms with Crippen LogP contribution in [0.4, 0.5) is 0 Å². The number of hydrogen-bond donors (Lipinski definition) is 0. The van der Waals surface area contributed by atoms with Crippen LogP contribution < -0.4 is 0 Å². The zero-order valence-electron chi connectivity index (χ0n) is 0.679. The van der Waals surface area contributed by atoms with E-state index in [9.17, 15) is 0 Å². The normalized spacial score (nSPS) is 0. The van der Waals surface area contributed by atoms with E-state index in [1.807, 2.05) is 0 Å². The Labute approximate surface area is 74.5 Å². The van der Waals surface area contributed by atoms with Crippen LogP contribution in [-0.4, -0.2) is 41.3 Å². The van der Waals surface area contributed by atoms with Crippen LogP contribution in [0.2, 0.25) is 0 Å². The van der Waals surface area contributed by atoms with Crippen molar-refractivity contribution < 1.29 is 34.1 Å². The molecule has 2 radical (unpaired) electrons. The van der Waals surface area contributed by atoms with Crippen molar-refractivity contribution >= 4 is 41.3 Å². The fourth-order valence-corrected chi connectivity index (χ4v) is 0. The van der Waals surface area contributed by atoms with Gasteiger partial charge in [-0.15, -0.1) is 0 Å². The number of rotatable bonds is 0. The molecule has 0 aromatic heterocycles. The molecule has 0 atom stereocenters. The van der Waals surface area contributed by atoms with Crippen molar-refractivity contribution in [1.29, 1.82) is 0 Å². The summed E-state index contributed by atoms with van der Waals surface area (Å²) in [5.41, 5.74) is 0. The fraction of sp³-hybridized carbons (Fsp3) is 0. The third-order valence-electron chi connectivity index (χ3n) is 0. The van der Waals surface area contributed by atoms with Gasteiger partial charge in [-0.3, -0.25) is 0 Å². The molecule has 0 rings (SSSR count). The van der Waals surface area contributed by atoms with Crippen molar-refractivity contribution in [2.75, 3.05) is 0 Å². The van der Waals surface area contributed by atoms with Gasteiger partial charge in [0, 0.05) is 34.1 Å². The van der Waals surface area contributed by atoms with Gasteiger partial charge in [-0.2, -0.15) is 0 Å². The van der Waals surface area contributed by atoms with Gasteiger partial charge in [-0.1, -0.05) is 0 Å². The van der Waals surface area contributed by atoms with Crippen LogP contribution >= 0.6 is 0 Å². The summed E-state index contributed by atoms with van der Waals surface area (Å²) in [7, 11) is 0. The van der Waals surface area contributed by atoms with Gasteiger partial charge >= 0.3 is 23.9 Å². The standard InChI is InChI=1S/Al.Cu.Mn.Sn.7H. The molecule has 32 valence electrons. The predicted molar refractivity (Wildman–Crippen MR) is 21.3 cm³/mol. The molecule has 0 aliphatic carbocycles. The van der Waals surface area contributed by atoms with Crippen molar-refractivity contribution in [2.45, 2.75) is 0 Å². The topological polar surface area (TPSA) is 0 Å². The van der Waals surface area contributed by atoms with Gasteiger partial charge in [0.15, 0.2) is 17.4 Å². The molecule has 4 heteroatoms. The maximum absolute atomic E-state index is 0. The predicted octanol–water partition coefficient (Wildman–Crippen LogP) is -2.64. The van der Waals surface area contributed by atoms with E-state index in [-0.39, 0.29) is 75.4 Å². The van der Waals surface area contributed by atoms with Crippen LogP contribution in [0, 0.1) is 0 Å². The van der Waals surface area contributed by atoms with Crippen LogP contribution in [0.1, 0.15) is 0 Å². The Bertz CT molecular complexity index is 8.00.